The van der Waals surface area contributed by atoms with Gasteiger partial charge < -0.3 is 9.80 Å². The van der Waals surface area contributed by atoms with E-state index in [2.05, 4.69) is 192 Å². The van der Waals surface area contributed by atoms with Crippen molar-refractivity contribution in [3.63, 3.8) is 0 Å². The van der Waals surface area contributed by atoms with Crippen LogP contribution < -0.4 is 9.80 Å². The maximum absolute atomic E-state index is 2.47. The van der Waals surface area contributed by atoms with Crippen LogP contribution in [-0.4, -0.2) is 0 Å². The third kappa shape index (κ3) is 4.49. The number of nitrogens with zero attached hydrogens (tertiary/aromatic N) is 2. The van der Waals surface area contributed by atoms with Crippen LogP contribution in [0.25, 0.3) is 43.7 Å². The lowest BCUT2D eigenvalue weighted by atomic mass is 9.82. The van der Waals surface area contributed by atoms with E-state index in [-0.39, 0.29) is 0 Å². The van der Waals surface area contributed by atoms with Crippen molar-refractivity contribution in [2.45, 2.75) is 12.8 Å². The molecule has 0 saturated heterocycles. The third-order valence-electron chi connectivity index (χ3n) is 10.4. The maximum Gasteiger partial charge on any atom is 0.0540 e. The van der Waals surface area contributed by atoms with Crippen molar-refractivity contribution in [2.75, 3.05) is 9.80 Å². The highest BCUT2D eigenvalue weighted by Crippen LogP contribution is 2.48. The number of anilines is 4. The van der Waals surface area contributed by atoms with Gasteiger partial charge in [0.25, 0.3) is 0 Å². The van der Waals surface area contributed by atoms with Crippen LogP contribution in [0.3, 0.4) is 0 Å². The quantitative estimate of drug-likeness (QED) is 0.179. The van der Waals surface area contributed by atoms with E-state index < -0.39 is 0 Å². The second-order valence-corrected chi connectivity index (χ2v) is 13.2. The summed E-state index contributed by atoms with van der Waals surface area (Å²) < 4.78 is 0. The standard InChI is InChI=1S/C48H34N2/c1-3-17-37(18-4-1)49(43-23-11-15-33-13-7-9-21-39(33)43)45-31-27-35-26-30-42-46(32-28-36-25-29-41(45)47(35)48(36)42)50(38-19-5-2-6-20-38)44-24-12-16-34-14-8-10-22-40(34)44/h1-26,29-32H,27-28H2. The molecule has 0 saturated carbocycles. The van der Waals surface area contributed by atoms with Crippen LogP contribution in [0.1, 0.15) is 22.3 Å². The van der Waals surface area contributed by atoms with Crippen LogP contribution >= 0.6 is 0 Å². The fraction of sp³-hybridized carbons (Fsp3) is 0.0417. The first-order chi connectivity index (χ1) is 24.8. The van der Waals surface area contributed by atoms with E-state index in [1.54, 1.807) is 0 Å². The van der Waals surface area contributed by atoms with Gasteiger partial charge in [-0.3, -0.25) is 0 Å². The van der Waals surface area contributed by atoms with Gasteiger partial charge in [-0.15, -0.1) is 0 Å². The second kappa shape index (κ2) is 11.6. The molecule has 0 aliphatic heterocycles. The normalized spacial score (nSPS) is 13.3. The number of allylic oxidation sites excluding steroid dienone is 2. The fourth-order valence-corrected chi connectivity index (χ4v) is 8.24. The van der Waals surface area contributed by atoms with Gasteiger partial charge in [-0.1, -0.05) is 146 Å². The first kappa shape index (κ1) is 28.6. The van der Waals surface area contributed by atoms with Gasteiger partial charge in [0.15, 0.2) is 0 Å². The largest absolute Gasteiger partial charge is 0.310 e. The summed E-state index contributed by atoms with van der Waals surface area (Å²) in [5.74, 6) is 0. The summed E-state index contributed by atoms with van der Waals surface area (Å²) in [5.41, 5.74) is 12.5. The predicted molar refractivity (Wildman–Crippen MR) is 212 cm³/mol. The Morgan fingerprint density at radius 1 is 0.340 bits per heavy atom. The zero-order valence-corrected chi connectivity index (χ0v) is 27.6. The molecule has 0 heterocycles. The van der Waals surface area contributed by atoms with Gasteiger partial charge >= 0.3 is 0 Å². The molecule has 0 bridgehead atoms. The van der Waals surface area contributed by atoms with Gasteiger partial charge in [0, 0.05) is 33.3 Å². The van der Waals surface area contributed by atoms with E-state index in [0.29, 0.717) is 0 Å². The molecule has 10 rings (SSSR count). The molecule has 0 fully saturated rings. The molecule has 236 valence electrons. The van der Waals surface area contributed by atoms with Crippen molar-refractivity contribution in [1.29, 1.82) is 0 Å². The van der Waals surface area contributed by atoms with E-state index >= 15 is 0 Å². The highest BCUT2D eigenvalue weighted by molar-refractivity contribution is 6.13. The Labute approximate surface area is 292 Å². The Morgan fingerprint density at radius 3 is 1.20 bits per heavy atom. The molecular weight excluding hydrogens is 605 g/mol. The van der Waals surface area contributed by atoms with Crippen molar-refractivity contribution in [3.8, 4) is 0 Å². The topological polar surface area (TPSA) is 6.48 Å². The van der Waals surface area contributed by atoms with E-state index in [1.807, 2.05) is 0 Å². The van der Waals surface area contributed by atoms with Gasteiger partial charge in [-0.25, -0.2) is 0 Å². The zero-order valence-electron chi connectivity index (χ0n) is 27.6. The SMILES string of the molecule is C1=C(N(c2ccccc2)c2cccc3ccccc23)c2ccc3c4c(ccc(c24)C1)C(N(c1ccccc1)c1cccc2ccccc12)=CC3. The molecule has 50 heavy (non-hydrogen) atoms. The summed E-state index contributed by atoms with van der Waals surface area (Å²) in [7, 11) is 0. The van der Waals surface area contributed by atoms with Crippen molar-refractivity contribution in [3.05, 3.63) is 204 Å². The van der Waals surface area contributed by atoms with Crippen LogP contribution in [0.2, 0.25) is 0 Å². The van der Waals surface area contributed by atoms with Crippen LogP contribution in [0.15, 0.2) is 182 Å². The summed E-state index contributed by atoms with van der Waals surface area (Å²) in [5, 5.41) is 7.71. The monoisotopic (exact) mass is 638 g/mol. The summed E-state index contributed by atoms with van der Waals surface area (Å²) in [6.07, 6.45) is 6.61. The first-order valence-corrected chi connectivity index (χ1v) is 17.5. The number of fused-ring (bicyclic) bond motifs is 2. The van der Waals surface area contributed by atoms with Crippen molar-refractivity contribution >= 4 is 66.5 Å². The van der Waals surface area contributed by atoms with Crippen molar-refractivity contribution in [2.24, 2.45) is 0 Å². The van der Waals surface area contributed by atoms with E-state index in [1.165, 1.54) is 77.3 Å². The molecule has 0 radical (unpaired) electrons. The Bertz CT molecular complexity index is 2450. The van der Waals surface area contributed by atoms with E-state index in [4.69, 9.17) is 0 Å². The van der Waals surface area contributed by atoms with Crippen LogP contribution in [-0.2, 0) is 12.8 Å². The molecule has 0 aromatic heterocycles. The Morgan fingerprint density at radius 2 is 0.740 bits per heavy atom. The number of rotatable bonds is 6. The number of para-hydroxylation sites is 2. The molecule has 2 heteroatoms. The lowest BCUT2D eigenvalue weighted by Crippen LogP contribution is -2.21. The van der Waals surface area contributed by atoms with Gasteiger partial charge in [-0.2, -0.15) is 0 Å². The Balaban J connectivity index is 1.19. The minimum absolute atomic E-state index is 0.876. The predicted octanol–water partition coefficient (Wildman–Crippen LogP) is 12.6. The molecule has 0 atom stereocenters. The summed E-state index contributed by atoms with van der Waals surface area (Å²) >= 11 is 0. The number of benzene rings is 8. The summed E-state index contributed by atoms with van der Waals surface area (Å²) in [6, 6.07) is 61.9. The second-order valence-electron chi connectivity index (χ2n) is 13.2. The highest BCUT2D eigenvalue weighted by Gasteiger charge is 2.29. The van der Waals surface area contributed by atoms with Gasteiger partial charge in [-0.05, 0) is 81.9 Å². The molecule has 2 nitrogen and oxygen atoms in total. The van der Waals surface area contributed by atoms with Crippen LogP contribution in [0.5, 0.6) is 0 Å². The molecule has 2 aliphatic rings. The molecule has 0 unspecified atom stereocenters. The molecule has 2 aliphatic carbocycles. The molecule has 0 spiro atoms. The van der Waals surface area contributed by atoms with E-state index in [9.17, 15) is 0 Å². The van der Waals surface area contributed by atoms with Crippen molar-refractivity contribution < 1.29 is 0 Å². The molecule has 0 amide bonds. The third-order valence-corrected chi connectivity index (χ3v) is 10.4. The molecule has 8 aromatic carbocycles. The molecule has 8 aromatic rings. The summed E-state index contributed by atoms with van der Waals surface area (Å²) in [6.45, 7) is 0. The maximum atomic E-state index is 2.47. The smallest absolute Gasteiger partial charge is 0.0540 e. The minimum atomic E-state index is 0.876. The van der Waals surface area contributed by atoms with E-state index in [0.717, 1.165) is 24.2 Å². The zero-order chi connectivity index (χ0) is 33.0. The Hall–Kier alpha value is -6.38. The lowest BCUT2D eigenvalue weighted by Gasteiger charge is -2.35. The van der Waals surface area contributed by atoms with Crippen LogP contribution in [0, 0.1) is 0 Å². The lowest BCUT2D eigenvalue weighted by molar-refractivity contribution is 1.18. The van der Waals surface area contributed by atoms with Gasteiger partial charge in [0.05, 0.1) is 22.8 Å². The Kier molecular flexibility index (Phi) is 6.67. The van der Waals surface area contributed by atoms with Gasteiger partial charge in [0.1, 0.15) is 0 Å². The highest BCUT2D eigenvalue weighted by atomic mass is 15.2. The average molecular weight is 639 g/mol. The van der Waals surface area contributed by atoms with Crippen LogP contribution in [0.4, 0.5) is 22.7 Å². The van der Waals surface area contributed by atoms with Crippen molar-refractivity contribution in [1.82, 2.24) is 0 Å². The number of hydrogen-bond acceptors (Lipinski definition) is 2. The molecular formula is C48H34N2. The summed E-state index contributed by atoms with van der Waals surface area (Å²) in [4.78, 5) is 4.95. The average Bonchev–Trinajstić information content (AvgIpc) is 3.19. The molecule has 0 N–H and O–H groups in total. The first-order valence-electron chi connectivity index (χ1n) is 17.5. The fourth-order valence-electron chi connectivity index (χ4n) is 8.24. The number of hydrogen-bond donors (Lipinski definition) is 0. The minimum Gasteiger partial charge on any atom is -0.310 e. The van der Waals surface area contributed by atoms with Gasteiger partial charge in [0.2, 0.25) is 0 Å².